The van der Waals surface area contributed by atoms with Gasteiger partial charge in [-0.15, -0.1) is 0 Å². The molecule has 34 heavy (non-hydrogen) atoms. The van der Waals surface area contributed by atoms with Crippen LogP contribution in [0.2, 0.25) is 0 Å². The van der Waals surface area contributed by atoms with Gasteiger partial charge in [0.2, 0.25) is 0 Å². The zero-order chi connectivity index (χ0) is 23.5. The minimum absolute atomic E-state index is 0.0455. The number of hydrogen-bond acceptors (Lipinski definition) is 5. The molecule has 7 nitrogen and oxygen atoms in total. The van der Waals surface area contributed by atoms with Crippen molar-refractivity contribution in [2.24, 2.45) is 0 Å². The standard InChI is InChI=1S/C27H30N4O3/c1-19-24(17-29-26(32)25-6-5-15-34-25)23-11-14-31(18-21(23)16-28-19)27(33)20-7-9-22(10-8-20)30-12-3-2-4-13-30/h5-10,15-16H,2-4,11-14,17-18H2,1H3,(H,29,32). The number of anilines is 1. The third-order valence-corrected chi connectivity index (χ3v) is 6.89. The molecule has 1 N–H and O–H groups in total. The third-order valence-electron chi connectivity index (χ3n) is 6.89. The van der Waals surface area contributed by atoms with Crippen LogP contribution in [0.15, 0.2) is 53.3 Å². The second-order valence-corrected chi connectivity index (χ2v) is 9.06. The van der Waals surface area contributed by atoms with Gasteiger partial charge in [0.05, 0.1) is 6.26 Å². The first-order valence-corrected chi connectivity index (χ1v) is 12.0. The number of pyridine rings is 1. The highest BCUT2D eigenvalue weighted by Crippen LogP contribution is 2.26. The summed E-state index contributed by atoms with van der Waals surface area (Å²) in [7, 11) is 0. The largest absolute Gasteiger partial charge is 0.459 e. The number of carbonyl (C=O) groups excluding carboxylic acids is 2. The van der Waals surface area contributed by atoms with E-state index in [1.165, 1.54) is 36.8 Å². The zero-order valence-electron chi connectivity index (χ0n) is 19.5. The second-order valence-electron chi connectivity index (χ2n) is 9.06. The van der Waals surface area contributed by atoms with Gasteiger partial charge in [0, 0.05) is 55.9 Å². The Kier molecular flexibility index (Phi) is 6.34. The summed E-state index contributed by atoms with van der Waals surface area (Å²) in [4.78, 5) is 34.4. The molecule has 2 amide bonds. The van der Waals surface area contributed by atoms with Crippen LogP contribution in [-0.4, -0.2) is 41.3 Å². The number of piperidine rings is 1. The number of benzene rings is 1. The predicted molar refractivity (Wildman–Crippen MR) is 130 cm³/mol. The van der Waals surface area contributed by atoms with E-state index in [1.54, 1.807) is 12.1 Å². The SMILES string of the molecule is Cc1ncc2c(c1CNC(=O)c1ccco1)CCN(C(=O)c1ccc(N3CCCCC3)cc1)C2. The summed E-state index contributed by atoms with van der Waals surface area (Å²) < 4.78 is 5.18. The van der Waals surface area contributed by atoms with Gasteiger partial charge < -0.3 is 19.5 Å². The number of furan rings is 1. The van der Waals surface area contributed by atoms with Crippen LogP contribution in [0.5, 0.6) is 0 Å². The molecule has 2 aliphatic heterocycles. The van der Waals surface area contributed by atoms with Gasteiger partial charge in [-0.05, 0) is 85.7 Å². The molecule has 176 valence electrons. The van der Waals surface area contributed by atoms with Crippen LogP contribution in [0.25, 0.3) is 0 Å². The number of rotatable bonds is 5. The summed E-state index contributed by atoms with van der Waals surface area (Å²) in [6.45, 7) is 5.68. The molecule has 1 fully saturated rings. The van der Waals surface area contributed by atoms with Crippen molar-refractivity contribution in [3.05, 3.63) is 82.6 Å². The maximum Gasteiger partial charge on any atom is 0.287 e. The summed E-state index contributed by atoms with van der Waals surface area (Å²) >= 11 is 0. The normalized spacial score (nSPS) is 15.7. The molecule has 2 aromatic heterocycles. The summed E-state index contributed by atoms with van der Waals surface area (Å²) in [5.74, 6) is 0.0881. The fourth-order valence-corrected chi connectivity index (χ4v) is 4.94. The zero-order valence-corrected chi connectivity index (χ0v) is 19.5. The molecule has 0 radical (unpaired) electrons. The molecule has 0 atom stereocenters. The van der Waals surface area contributed by atoms with E-state index in [0.29, 0.717) is 25.4 Å². The monoisotopic (exact) mass is 458 g/mol. The number of carbonyl (C=O) groups is 2. The van der Waals surface area contributed by atoms with Crippen LogP contribution in [-0.2, 0) is 19.5 Å². The van der Waals surface area contributed by atoms with Crippen molar-refractivity contribution < 1.29 is 14.0 Å². The van der Waals surface area contributed by atoms with E-state index in [1.807, 2.05) is 30.2 Å². The highest BCUT2D eigenvalue weighted by molar-refractivity contribution is 5.94. The topological polar surface area (TPSA) is 78.7 Å². The van der Waals surface area contributed by atoms with Crippen LogP contribution >= 0.6 is 0 Å². The molecule has 7 heteroatoms. The lowest BCUT2D eigenvalue weighted by atomic mass is 9.94. The lowest BCUT2D eigenvalue weighted by molar-refractivity contribution is 0.0734. The van der Waals surface area contributed by atoms with Crippen molar-refractivity contribution >= 4 is 17.5 Å². The molecular formula is C27H30N4O3. The molecule has 2 aliphatic rings. The Bertz CT molecular complexity index is 1170. The molecule has 0 aliphatic carbocycles. The molecule has 0 spiro atoms. The number of fused-ring (bicyclic) bond motifs is 1. The molecule has 1 saturated heterocycles. The van der Waals surface area contributed by atoms with Gasteiger partial charge in [-0.2, -0.15) is 0 Å². The van der Waals surface area contributed by atoms with Gasteiger partial charge in [0.15, 0.2) is 5.76 Å². The van der Waals surface area contributed by atoms with Crippen LogP contribution in [0.3, 0.4) is 0 Å². The Morgan fingerprint density at radius 2 is 1.85 bits per heavy atom. The quantitative estimate of drug-likeness (QED) is 0.623. The van der Waals surface area contributed by atoms with Crippen molar-refractivity contribution in [2.75, 3.05) is 24.5 Å². The van der Waals surface area contributed by atoms with E-state index in [0.717, 1.165) is 41.9 Å². The molecule has 3 aromatic rings. The average Bonchev–Trinajstić information content (AvgIpc) is 3.43. The summed E-state index contributed by atoms with van der Waals surface area (Å²) in [6.07, 6.45) is 7.85. The van der Waals surface area contributed by atoms with Gasteiger partial charge in [0.1, 0.15) is 0 Å². The molecule has 0 unspecified atom stereocenters. The molecule has 5 rings (SSSR count). The smallest absolute Gasteiger partial charge is 0.287 e. The van der Waals surface area contributed by atoms with Gasteiger partial charge in [-0.25, -0.2) is 0 Å². The Labute approximate surface area is 199 Å². The number of nitrogens with one attached hydrogen (secondary N) is 1. The number of nitrogens with zero attached hydrogens (tertiary/aromatic N) is 3. The van der Waals surface area contributed by atoms with E-state index >= 15 is 0 Å². The first-order valence-electron chi connectivity index (χ1n) is 12.0. The Morgan fingerprint density at radius 3 is 2.59 bits per heavy atom. The minimum atomic E-state index is -0.248. The fourth-order valence-electron chi connectivity index (χ4n) is 4.94. The summed E-state index contributed by atoms with van der Waals surface area (Å²) in [5, 5.41) is 2.93. The lowest BCUT2D eigenvalue weighted by Crippen LogP contribution is -2.37. The van der Waals surface area contributed by atoms with Crippen molar-refractivity contribution in [2.45, 2.75) is 45.7 Å². The minimum Gasteiger partial charge on any atom is -0.459 e. The van der Waals surface area contributed by atoms with Gasteiger partial charge in [-0.1, -0.05) is 0 Å². The maximum absolute atomic E-state index is 13.2. The number of aromatic nitrogens is 1. The van der Waals surface area contributed by atoms with Crippen molar-refractivity contribution in [1.82, 2.24) is 15.2 Å². The average molecular weight is 459 g/mol. The van der Waals surface area contributed by atoms with Crippen LogP contribution in [0.4, 0.5) is 5.69 Å². The van der Waals surface area contributed by atoms with Gasteiger partial charge in [-0.3, -0.25) is 14.6 Å². The fraction of sp³-hybridized carbons (Fsp3) is 0.370. The van der Waals surface area contributed by atoms with E-state index in [4.69, 9.17) is 4.42 Å². The first kappa shape index (κ1) is 22.2. The lowest BCUT2D eigenvalue weighted by Gasteiger charge is -2.31. The molecule has 1 aromatic carbocycles. The van der Waals surface area contributed by atoms with Gasteiger partial charge >= 0.3 is 0 Å². The Morgan fingerprint density at radius 1 is 1.06 bits per heavy atom. The number of hydrogen-bond donors (Lipinski definition) is 1. The van der Waals surface area contributed by atoms with E-state index in [9.17, 15) is 9.59 Å². The van der Waals surface area contributed by atoms with E-state index in [-0.39, 0.29) is 11.8 Å². The molecule has 4 heterocycles. The highest BCUT2D eigenvalue weighted by Gasteiger charge is 2.25. The molecule has 0 saturated carbocycles. The van der Waals surface area contributed by atoms with Crippen LogP contribution < -0.4 is 10.2 Å². The van der Waals surface area contributed by atoms with E-state index < -0.39 is 0 Å². The van der Waals surface area contributed by atoms with Crippen LogP contribution in [0.1, 0.15) is 62.6 Å². The Balaban J connectivity index is 1.27. The molecular weight excluding hydrogens is 428 g/mol. The Hall–Kier alpha value is -3.61. The maximum atomic E-state index is 13.2. The van der Waals surface area contributed by atoms with E-state index in [2.05, 4.69) is 27.3 Å². The van der Waals surface area contributed by atoms with Crippen molar-refractivity contribution in [3.63, 3.8) is 0 Å². The summed E-state index contributed by atoms with van der Waals surface area (Å²) in [5.41, 5.74) is 6.05. The predicted octanol–water partition coefficient (Wildman–Crippen LogP) is 4.10. The second kappa shape index (κ2) is 9.71. The van der Waals surface area contributed by atoms with Crippen LogP contribution in [0, 0.1) is 6.92 Å². The number of aryl methyl sites for hydroxylation is 1. The summed E-state index contributed by atoms with van der Waals surface area (Å²) in [6, 6.07) is 11.4. The number of amides is 2. The highest BCUT2D eigenvalue weighted by atomic mass is 16.3. The van der Waals surface area contributed by atoms with Gasteiger partial charge in [0.25, 0.3) is 11.8 Å². The third kappa shape index (κ3) is 4.55. The van der Waals surface area contributed by atoms with Crippen molar-refractivity contribution in [1.29, 1.82) is 0 Å². The first-order chi connectivity index (χ1) is 16.6. The molecule has 0 bridgehead atoms. The van der Waals surface area contributed by atoms with Crippen molar-refractivity contribution in [3.8, 4) is 0 Å².